The summed E-state index contributed by atoms with van der Waals surface area (Å²) in [5.74, 6) is 0.475. The van der Waals surface area contributed by atoms with Crippen molar-refractivity contribution in [3.63, 3.8) is 0 Å². The molecule has 1 aromatic carbocycles. The van der Waals surface area contributed by atoms with Crippen LogP contribution in [0.2, 0.25) is 0 Å². The number of anilines is 1. The van der Waals surface area contributed by atoms with Gasteiger partial charge in [0.2, 0.25) is 5.95 Å². The summed E-state index contributed by atoms with van der Waals surface area (Å²) < 4.78 is 14.1. The van der Waals surface area contributed by atoms with Crippen LogP contribution in [-0.4, -0.2) is 74.2 Å². The molecule has 11 nitrogen and oxygen atoms in total. The molecule has 5 rings (SSSR count). The number of imidazole rings is 1. The predicted octanol–water partition coefficient (Wildman–Crippen LogP) is 6.09. The lowest BCUT2D eigenvalue weighted by molar-refractivity contribution is 0.0238. The Morgan fingerprint density at radius 3 is 2.48 bits per heavy atom. The second-order valence-corrected chi connectivity index (χ2v) is 12.6. The normalized spacial score (nSPS) is 17.4. The van der Waals surface area contributed by atoms with Crippen molar-refractivity contribution in [2.24, 2.45) is 0 Å². The monoisotopic (exact) mass is 688 g/mol. The second-order valence-electron chi connectivity index (χ2n) is 11.8. The molecule has 12 heteroatoms. The van der Waals surface area contributed by atoms with Gasteiger partial charge in [-0.2, -0.15) is 0 Å². The average molecular weight is 689 g/mol. The molecule has 0 unspecified atom stereocenters. The summed E-state index contributed by atoms with van der Waals surface area (Å²) in [6.45, 7) is 9.78. The Labute approximate surface area is 259 Å². The van der Waals surface area contributed by atoms with Gasteiger partial charge in [0.15, 0.2) is 0 Å². The van der Waals surface area contributed by atoms with Crippen LogP contribution in [0.3, 0.4) is 0 Å². The largest absolute Gasteiger partial charge is 0.444 e. The predicted molar refractivity (Wildman–Crippen MR) is 167 cm³/mol. The van der Waals surface area contributed by atoms with E-state index in [2.05, 4.69) is 32.9 Å². The molecule has 0 radical (unpaired) electrons. The fourth-order valence-corrected chi connectivity index (χ4v) is 5.82. The van der Waals surface area contributed by atoms with Crippen molar-refractivity contribution >= 4 is 57.7 Å². The highest BCUT2D eigenvalue weighted by Crippen LogP contribution is 2.36. The van der Waals surface area contributed by atoms with E-state index < -0.39 is 5.60 Å². The third-order valence-corrected chi connectivity index (χ3v) is 8.17. The number of carbonyl (C=O) groups is 3. The summed E-state index contributed by atoms with van der Waals surface area (Å²) in [6.07, 6.45) is 4.36. The van der Waals surface area contributed by atoms with Gasteiger partial charge in [-0.15, -0.1) is 0 Å². The molecule has 1 N–H and O–H groups in total. The first kappa shape index (κ1) is 30.1. The number of aryl methyl sites for hydroxylation is 1. The lowest BCUT2D eigenvalue weighted by Crippen LogP contribution is -2.43. The molecule has 2 saturated heterocycles. The minimum Gasteiger partial charge on any atom is -0.444 e. The van der Waals surface area contributed by atoms with Gasteiger partial charge in [-0.1, -0.05) is 22.6 Å². The quantitative estimate of drug-likeness (QED) is 0.255. The van der Waals surface area contributed by atoms with E-state index in [-0.39, 0.29) is 24.1 Å². The molecule has 2 aliphatic heterocycles. The molecule has 3 amide bonds. The van der Waals surface area contributed by atoms with E-state index in [0.29, 0.717) is 53.4 Å². The fraction of sp³-hybridized carbons (Fsp3) is 0.500. The lowest BCUT2D eigenvalue weighted by Gasteiger charge is -2.30. The van der Waals surface area contributed by atoms with Gasteiger partial charge < -0.3 is 23.8 Å². The number of aromatic nitrogens is 3. The summed E-state index contributed by atoms with van der Waals surface area (Å²) in [6, 6.07) is 6.82. The van der Waals surface area contributed by atoms with Crippen LogP contribution < -0.4 is 10.1 Å². The van der Waals surface area contributed by atoms with Gasteiger partial charge in [0.1, 0.15) is 11.4 Å². The van der Waals surface area contributed by atoms with Gasteiger partial charge in [-0.05, 0) is 77.1 Å². The molecule has 2 fully saturated rings. The van der Waals surface area contributed by atoms with Gasteiger partial charge >= 0.3 is 12.2 Å². The van der Waals surface area contributed by atoms with Crippen LogP contribution in [0.5, 0.6) is 5.75 Å². The van der Waals surface area contributed by atoms with Crippen LogP contribution in [0.25, 0.3) is 11.0 Å². The fourth-order valence-electron chi connectivity index (χ4n) is 5.24. The highest BCUT2D eigenvalue weighted by molar-refractivity contribution is 14.1. The van der Waals surface area contributed by atoms with E-state index in [1.54, 1.807) is 34.2 Å². The number of ether oxygens (including phenoxy) is 2. The molecular formula is C30H37IN6O5. The van der Waals surface area contributed by atoms with Crippen LogP contribution in [0, 0.1) is 6.92 Å². The number of hydrogen-bond donors (Lipinski definition) is 1. The van der Waals surface area contributed by atoms with Crippen molar-refractivity contribution in [3.8, 4) is 5.75 Å². The number of rotatable bonds is 5. The van der Waals surface area contributed by atoms with E-state index in [0.717, 1.165) is 42.5 Å². The van der Waals surface area contributed by atoms with E-state index in [9.17, 15) is 14.4 Å². The van der Waals surface area contributed by atoms with Gasteiger partial charge in [0.25, 0.3) is 5.91 Å². The van der Waals surface area contributed by atoms with Gasteiger partial charge in [0.05, 0.1) is 17.1 Å². The van der Waals surface area contributed by atoms with Crippen LogP contribution in [0.4, 0.5) is 15.5 Å². The maximum atomic E-state index is 13.4. The molecule has 0 aliphatic carbocycles. The number of fused-ring (bicyclic) bond motifs is 1. The number of hydrogen-bond acceptors (Lipinski definition) is 7. The number of alkyl halides is 1. The number of pyridine rings is 1. The van der Waals surface area contributed by atoms with Crippen molar-refractivity contribution in [3.05, 3.63) is 47.3 Å². The van der Waals surface area contributed by atoms with Crippen LogP contribution >= 0.6 is 22.6 Å². The van der Waals surface area contributed by atoms with Crippen LogP contribution in [-0.2, 0) is 9.16 Å². The Morgan fingerprint density at radius 2 is 1.81 bits per heavy atom. The highest BCUT2D eigenvalue weighted by atomic mass is 127. The zero-order valence-electron chi connectivity index (χ0n) is 24.5. The Kier molecular flexibility index (Phi) is 8.90. The van der Waals surface area contributed by atoms with E-state index in [1.165, 1.54) is 0 Å². The first-order valence-electron chi connectivity index (χ1n) is 14.3. The highest BCUT2D eigenvalue weighted by Gasteiger charge is 2.31. The standard InChI is InChI=1S/C30H37IN6O5/c1-19-14-20(9-10-32-19)26(38)34-27-33-24-16-23(41-28(39)35-12-7-13-35)15-21(17-31)25(24)37(27)22-8-5-6-11-36(18-22)29(40)42-30(2,3)4/h9-10,14-16,22H,5-8,11-13,17-18H2,1-4H3,(H,33,34,38)/t22-/m1/s1. The molecule has 3 aromatic rings. The number of benzene rings is 1. The Balaban J connectivity index is 1.56. The summed E-state index contributed by atoms with van der Waals surface area (Å²) in [5, 5.41) is 3.02. The van der Waals surface area contributed by atoms with Gasteiger partial charge in [-0.3, -0.25) is 15.1 Å². The van der Waals surface area contributed by atoms with Crippen molar-refractivity contribution in [2.45, 2.75) is 69.4 Å². The maximum Gasteiger partial charge on any atom is 0.415 e. The van der Waals surface area contributed by atoms with Crippen molar-refractivity contribution in [1.29, 1.82) is 0 Å². The van der Waals surface area contributed by atoms with Crippen molar-refractivity contribution < 1.29 is 23.9 Å². The number of halogens is 1. The SMILES string of the molecule is Cc1cc(C(=O)Nc2nc3cc(OC(=O)N4CCC4)cc(CI)c3n2[C@@H]2CCCCN(C(=O)OC(C)(C)C)C2)ccn1. The molecule has 1 atom stereocenters. The van der Waals surface area contributed by atoms with Gasteiger partial charge in [0, 0.05) is 54.1 Å². The zero-order valence-corrected chi connectivity index (χ0v) is 26.6. The number of nitrogens with zero attached hydrogens (tertiary/aromatic N) is 5. The number of amides is 3. The third kappa shape index (κ3) is 6.79. The van der Waals surface area contributed by atoms with E-state index >= 15 is 0 Å². The smallest absolute Gasteiger partial charge is 0.415 e. The topological polar surface area (TPSA) is 119 Å². The van der Waals surface area contributed by atoms with E-state index in [4.69, 9.17) is 14.5 Å². The van der Waals surface area contributed by atoms with Gasteiger partial charge in [-0.25, -0.2) is 14.6 Å². The molecule has 0 bridgehead atoms. The number of likely N-dealkylation sites (tertiary alicyclic amines) is 2. The molecule has 42 heavy (non-hydrogen) atoms. The molecule has 2 aliphatic rings. The van der Waals surface area contributed by atoms with Crippen molar-refractivity contribution in [2.75, 3.05) is 31.5 Å². The maximum absolute atomic E-state index is 13.4. The van der Waals surface area contributed by atoms with Crippen LogP contribution in [0.1, 0.15) is 74.1 Å². The number of nitrogens with one attached hydrogen (secondary N) is 1. The molecular weight excluding hydrogens is 651 g/mol. The van der Waals surface area contributed by atoms with Crippen LogP contribution in [0.15, 0.2) is 30.5 Å². The Hall–Kier alpha value is -3.42. The summed E-state index contributed by atoms with van der Waals surface area (Å²) in [4.78, 5) is 51.6. The summed E-state index contributed by atoms with van der Waals surface area (Å²) in [7, 11) is 0. The summed E-state index contributed by atoms with van der Waals surface area (Å²) in [5.41, 5.74) is 2.95. The minimum atomic E-state index is -0.610. The van der Waals surface area contributed by atoms with E-state index in [1.807, 2.05) is 38.3 Å². The lowest BCUT2D eigenvalue weighted by atomic mass is 10.1. The third-order valence-electron chi connectivity index (χ3n) is 7.35. The molecule has 2 aromatic heterocycles. The first-order valence-corrected chi connectivity index (χ1v) is 15.8. The number of carbonyl (C=O) groups excluding carboxylic acids is 3. The summed E-state index contributed by atoms with van der Waals surface area (Å²) >= 11 is 2.29. The molecule has 0 saturated carbocycles. The zero-order chi connectivity index (χ0) is 30.0. The molecule has 0 spiro atoms. The average Bonchev–Trinajstić information content (AvgIpc) is 3.06. The molecule has 4 heterocycles. The minimum absolute atomic E-state index is 0.171. The Morgan fingerprint density at radius 1 is 1.05 bits per heavy atom. The second kappa shape index (κ2) is 12.4. The first-order chi connectivity index (χ1) is 20.0. The van der Waals surface area contributed by atoms with Crippen molar-refractivity contribution in [1.82, 2.24) is 24.3 Å². The molecule has 224 valence electrons. The Bertz CT molecular complexity index is 1500.